The summed E-state index contributed by atoms with van der Waals surface area (Å²) in [5.41, 5.74) is -2.53. The van der Waals surface area contributed by atoms with Crippen molar-refractivity contribution in [2.24, 2.45) is 10.2 Å². The van der Waals surface area contributed by atoms with Crippen LogP contribution in [0.4, 0.5) is 28.6 Å². The molecule has 2 aromatic carbocycles. The zero-order valence-corrected chi connectivity index (χ0v) is 44.4. The highest BCUT2D eigenvalue weighted by Gasteiger charge is 2.65. The summed E-state index contributed by atoms with van der Waals surface area (Å²) in [4.78, 5) is 97.6. The number of likely N-dealkylation sites (N-methyl/N-ethyl adjacent to an activating group) is 1. The minimum atomic E-state index is -4.80. The number of nitrogens with one attached hydrogen (secondary N) is 5. The lowest BCUT2D eigenvalue weighted by Gasteiger charge is -2.20. The molecule has 78 heavy (non-hydrogen) atoms. The number of hydrogen-bond acceptors (Lipinski definition) is 18. The third-order valence-corrected chi connectivity index (χ3v) is 15.5. The van der Waals surface area contributed by atoms with Crippen LogP contribution in [0.15, 0.2) is 77.1 Å². The van der Waals surface area contributed by atoms with Crippen molar-refractivity contribution >= 4 is 70.1 Å². The predicted octanol–water partition coefficient (Wildman–Crippen LogP) is 4.59. The zero-order valence-electron chi connectivity index (χ0n) is 42.8. The number of pyridine rings is 1. The number of urea groups is 1. The maximum absolute atomic E-state index is 13.7. The Morgan fingerprint density at radius 3 is 2.19 bits per heavy atom. The summed E-state index contributed by atoms with van der Waals surface area (Å²) in [5.74, 6) is -1.45. The third kappa shape index (κ3) is 16.7. The monoisotopic (exact) mass is 1130 g/mol. The molecule has 6 N–H and O–H groups in total. The number of alkyl halides is 3. The van der Waals surface area contributed by atoms with Crippen LogP contribution in [0, 0.1) is 0 Å². The molecule has 3 aromatic rings. The van der Waals surface area contributed by atoms with Crippen LogP contribution in [0.2, 0.25) is 0 Å². The van der Waals surface area contributed by atoms with Gasteiger partial charge in [-0.2, -0.15) is 24.9 Å². The van der Waals surface area contributed by atoms with Crippen molar-refractivity contribution in [3.63, 3.8) is 0 Å². The van der Waals surface area contributed by atoms with E-state index in [1.54, 1.807) is 30.3 Å². The summed E-state index contributed by atoms with van der Waals surface area (Å²) >= 11 is 2.51. The number of imide groups is 3. The van der Waals surface area contributed by atoms with Crippen LogP contribution in [0.25, 0.3) is 0 Å². The first-order valence-corrected chi connectivity index (χ1v) is 27.5. The zero-order chi connectivity index (χ0) is 55.7. The first-order chi connectivity index (χ1) is 37.5. The number of carbonyl (C=O) groups excluding carboxylic acids is 7. The largest absolute Gasteiger partial charge is 0.506 e. The van der Waals surface area contributed by atoms with Crippen molar-refractivity contribution in [2.45, 2.75) is 91.8 Å². The van der Waals surface area contributed by atoms with Crippen molar-refractivity contribution in [3.8, 4) is 11.5 Å². The summed E-state index contributed by atoms with van der Waals surface area (Å²) in [6.07, 6.45) is -0.110. The van der Waals surface area contributed by atoms with E-state index in [1.807, 2.05) is 23.7 Å². The van der Waals surface area contributed by atoms with Crippen molar-refractivity contribution in [1.29, 1.82) is 0 Å². The number of hydrogen-bond donors (Lipinski definition) is 6. The second kappa shape index (κ2) is 28.4. The highest BCUT2D eigenvalue weighted by molar-refractivity contribution is 8.15. The highest BCUT2D eigenvalue weighted by atomic mass is 32.2. The Morgan fingerprint density at radius 2 is 1.54 bits per heavy atom. The molecule has 5 atom stereocenters. The van der Waals surface area contributed by atoms with E-state index in [0.717, 1.165) is 49.3 Å². The van der Waals surface area contributed by atoms with E-state index >= 15 is 0 Å². The van der Waals surface area contributed by atoms with Gasteiger partial charge in [0.15, 0.2) is 0 Å². The maximum atomic E-state index is 13.7. The molecule has 422 valence electrons. The van der Waals surface area contributed by atoms with E-state index in [-0.39, 0.29) is 73.7 Å². The number of benzene rings is 2. The quantitative estimate of drug-likeness (QED) is 0.0368. The number of fused-ring (bicyclic) bond motifs is 1. The van der Waals surface area contributed by atoms with Crippen LogP contribution in [0.1, 0.15) is 66.4 Å². The Hall–Kier alpha value is -6.55. The van der Waals surface area contributed by atoms with E-state index in [0.29, 0.717) is 97.8 Å². The lowest BCUT2D eigenvalue weighted by Crippen LogP contribution is -2.50. The minimum Gasteiger partial charge on any atom is -0.506 e. The van der Waals surface area contributed by atoms with Crippen molar-refractivity contribution in [3.05, 3.63) is 83.6 Å². The second-order valence-corrected chi connectivity index (χ2v) is 21.1. The number of aromatic nitrogens is 1. The molecule has 1 aromatic heterocycles. The van der Waals surface area contributed by atoms with Gasteiger partial charge in [-0.05, 0) is 74.1 Å². The first kappa shape index (κ1) is 59.1. The lowest BCUT2D eigenvalue weighted by molar-refractivity contribution is -0.166. The van der Waals surface area contributed by atoms with E-state index in [4.69, 9.17) is 18.9 Å². The van der Waals surface area contributed by atoms with Gasteiger partial charge in [0, 0.05) is 61.9 Å². The number of ether oxygens (including phenoxy) is 4. The molecule has 0 spiro atoms. The second-order valence-electron chi connectivity index (χ2n) is 18.7. The highest BCUT2D eigenvalue weighted by Crippen LogP contribution is 2.52. The van der Waals surface area contributed by atoms with Crippen molar-refractivity contribution in [1.82, 2.24) is 36.5 Å². The number of carbonyl (C=O) groups is 7. The van der Waals surface area contributed by atoms with E-state index < -0.39 is 58.4 Å². The molecule has 0 aliphatic carbocycles. The molecule has 4 aliphatic rings. The van der Waals surface area contributed by atoms with Gasteiger partial charge in [-0.15, -0.1) is 10.2 Å². The molecule has 7 rings (SSSR count). The lowest BCUT2D eigenvalue weighted by atomic mass is 10.0. The standard InChI is InChI=1S/C51H63F3N10O12S2/c1-63(41-17-14-35(65)30-57-41)20-23-76-36-15-8-32(9-16-36)28-40-47(70)64(49(72)78-40)43(67)29-37(58-45(68)33-10-12-34(13-11-33)50(61-62-50)51(52,53)54)46(69)56-19-5-22-74-25-27-75-26-24-73-21-4-18-55-42(66)7-3-2-6-39-44-38(31-77-39)59-48(71)60-44/h8-17,30,37-40,44,65H,2-7,18-29,31H2,1H3,(H,55,66)(H,56,69)(H,58,68)(H2,59,60,71)/t37-,38+,39+,40?,44+/m1/s1. The molecule has 5 heterocycles. The summed E-state index contributed by atoms with van der Waals surface area (Å²) in [7, 11) is 1.83. The Bertz CT molecular complexity index is 2580. The van der Waals surface area contributed by atoms with E-state index in [1.165, 1.54) is 12.3 Å². The van der Waals surface area contributed by atoms with Gasteiger partial charge in [-0.1, -0.05) is 42.4 Å². The van der Waals surface area contributed by atoms with Gasteiger partial charge >= 0.3 is 17.9 Å². The Balaban J connectivity index is 0.784. The molecule has 3 saturated heterocycles. The number of nitrogens with zero attached hydrogens (tertiary/aromatic N) is 5. The fourth-order valence-electron chi connectivity index (χ4n) is 8.60. The molecule has 8 amide bonds. The molecule has 0 bridgehead atoms. The maximum Gasteiger partial charge on any atom is 0.442 e. The van der Waals surface area contributed by atoms with Gasteiger partial charge in [-0.25, -0.2) is 14.7 Å². The topological polar surface area (TPSA) is 281 Å². The number of amides is 8. The Morgan fingerprint density at radius 1 is 0.859 bits per heavy atom. The summed E-state index contributed by atoms with van der Waals surface area (Å²) in [6, 6.07) is 12.9. The van der Waals surface area contributed by atoms with Crippen LogP contribution in [-0.4, -0.2) is 169 Å². The number of anilines is 1. The number of aromatic hydroxyl groups is 1. The van der Waals surface area contributed by atoms with Crippen LogP contribution in [0.3, 0.4) is 0 Å². The van der Waals surface area contributed by atoms with Gasteiger partial charge in [0.1, 0.15) is 30.0 Å². The number of thioether (sulfide) groups is 2. The Labute approximate surface area is 456 Å². The smallest absolute Gasteiger partial charge is 0.442 e. The molecule has 27 heteroatoms. The van der Waals surface area contributed by atoms with Gasteiger partial charge in [0.25, 0.3) is 17.1 Å². The van der Waals surface area contributed by atoms with Crippen LogP contribution in [0.5, 0.6) is 11.5 Å². The summed E-state index contributed by atoms with van der Waals surface area (Å²) in [6.45, 7) is 3.16. The molecule has 4 aliphatic heterocycles. The van der Waals surface area contributed by atoms with E-state index in [2.05, 4.69) is 41.8 Å². The predicted molar refractivity (Wildman–Crippen MR) is 280 cm³/mol. The molecule has 3 fully saturated rings. The number of rotatable bonds is 32. The molecular formula is C51H63F3N10O12S2. The first-order valence-electron chi connectivity index (χ1n) is 25.5. The SMILES string of the molecule is CN(CCOc1ccc(CC2SC(=O)N(C(=O)C[C@@H](NC(=O)c3ccc(C4(C(F)(F)F)N=N4)cc3)C(=O)NCCCOCCOCCOCCCNC(=O)CCCC[C@@H]3SC[C@@H]4NC(=O)N[C@@H]43)C2=O)cc1)c1ccc(O)cn1. The minimum absolute atomic E-state index is 0.00113. The van der Waals surface area contributed by atoms with Crippen LogP contribution in [-0.2, 0) is 45.5 Å². The van der Waals surface area contributed by atoms with Crippen molar-refractivity contribution < 1.29 is 70.8 Å². The van der Waals surface area contributed by atoms with Gasteiger partial charge < -0.3 is 55.5 Å². The van der Waals surface area contributed by atoms with Crippen molar-refractivity contribution in [2.75, 3.05) is 83.6 Å². The average molecular weight is 1130 g/mol. The Kier molecular flexibility index (Phi) is 21.5. The van der Waals surface area contributed by atoms with Gasteiger partial charge in [0.2, 0.25) is 17.7 Å². The number of halogens is 3. The fourth-order valence-corrected chi connectivity index (χ4v) is 11.2. The third-order valence-electron chi connectivity index (χ3n) is 13.0. The normalized spacial score (nSPS) is 19.4. The van der Waals surface area contributed by atoms with E-state index in [9.17, 15) is 51.8 Å². The summed E-state index contributed by atoms with van der Waals surface area (Å²) < 4.78 is 63.3. The molecular weight excluding hydrogens is 1070 g/mol. The molecule has 0 radical (unpaired) electrons. The van der Waals surface area contributed by atoms with Gasteiger partial charge in [0.05, 0.1) is 62.9 Å². The number of unbranched alkanes of at least 4 members (excludes halogenated alkanes) is 1. The van der Waals surface area contributed by atoms with Gasteiger partial charge in [-0.3, -0.25) is 28.8 Å². The average Bonchev–Trinajstić information content (AvgIpc) is 3.97. The molecule has 22 nitrogen and oxygen atoms in total. The van der Waals surface area contributed by atoms with Crippen LogP contribution < -0.4 is 36.2 Å². The fraction of sp³-hybridized carbons (Fsp3) is 0.529. The molecule has 1 unspecified atom stereocenters. The molecule has 0 saturated carbocycles. The van der Waals surface area contributed by atoms with Crippen LogP contribution >= 0.6 is 23.5 Å². The summed E-state index contributed by atoms with van der Waals surface area (Å²) in [5, 5.41) is 28.2.